The summed E-state index contributed by atoms with van der Waals surface area (Å²) < 4.78 is 23.6. The van der Waals surface area contributed by atoms with E-state index in [9.17, 15) is 4.79 Å². The molecule has 6 heteroatoms. The third kappa shape index (κ3) is 3.72. The molecule has 0 N–H and O–H groups in total. The summed E-state index contributed by atoms with van der Waals surface area (Å²) in [5.74, 6) is 1.93. The molecule has 2 heterocycles. The van der Waals surface area contributed by atoms with Gasteiger partial charge in [0.25, 0.3) is 0 Å². The summed E-state index contributed by atoms with van der Waals surface area (Å²) in [4.78, 5) is 12.8. The third-order valence-electron chi connectivity index (χ3n) is 4.88. The SMILES string of the molecule is O=C1C(=Cc2cc(Br)cc3c2OCOC3)Oc2cc(OCc3ccccc3)ccc21. The zero-order chi connectivity index (χ0) is 20.5. The summed E-state index contributed by atoms with van der Waals surface area (Å²) in [5, 5.41) is 0. The number of halogens is 1. The number of fused-ring (bicyclic) bond motifs is 2. The van der Waals surface area contributed by atoms with Crippen LogP contribution in [0.5, 0.6) is 17.2 Å². The monoisotopic (exact) mass is 464 g/mol. The van der Waals surface area contributed by atoms with Crippen molar-refractivity contribution in [2.24, 2.45) is 0 Å². The van der Waals surface area contributed by atoms with E-state index in [1.807, 2.05) is 42.5 Å². The Morgan fingerprint density at radius 1 is 1.07 bits per heavy atom. The smallest absolute Gasteiger partial charge is 0.231 e. The van der Waals surface area contributed by atoms with Crippen LogP contribution < -0.4 is 14.2 Å². The highest BCUT2D eigenvalue weighted by molar-refractivity contribution is 9.10. The minimum absolute atomic E-state index is 0.166. The van der Waals surface area contributed by atoms with Crippen LogP contribution in [0.1, 0.15) is 27.0 Å². The minimum Gasteiger partial charge on any atom is -0.489 e. The number of benzene rings is 3. The first-order valence-electron chi connectivity index (χ1n) is 9.45. The van der Waals surface area contributed by atoms with Gasteiger partial charge in [0.15, 0.2) is 12.6 Å². The molecule has 0 fully saturated rings. The molecule has 0 spiro atoms. The third-order valence-corrected chi connectivity index (χ3v) is 5.34. The molecule has 30 heavy (non-hydrogen) atoms. The first kappa shape index (κ1) is 18.9. The molecule has 0 aliphatic carbocycles. The van der Waals surface area contributed by atoms with Crippen molar-refractivity contribution in [2.75, 3.05) is 6.79 Å². The lowest BCUT2D eigenvalue weighted by molar-refractivity contribution is -0.0165. The molecule has 0 radical (unpaired) electrons. The second-order valence-corrected chi connectivity index (χ2v) is 7.88. The number of Topliss-reactive ketones (excluding diaryl/α,β-unsaturated/α-hetero) is 1. The quantitative estimate of drug-likeness (QED) is 0.476. The highest BCUT2D eigenvalue weighted by Crippen LogP contribution is 2.38. The second kappa shape index (κ2) is 7.97. The molecule has 0 atom stereocenters. The van der Waals surface area contributed by atoms with Crippen LogP contribution in [0.2, 0.25) is 0 Å². The van der Waals surface area contributed by atoms with Gasteiger partial charge in [-0.05, 0) is 35.9 Å². The lowest BCUT2D eigenvalue weighted by atomic mass is 10.1. The van der Waals surface area contributed by atoms with Gasteiger partial charge in [-0.3, -0.25) is 4.79 Å². The van der Waals surface area contributed by atoms with Crippen molar-refractivity contribution in [3.63, 3.8) is 0 Å². The van der Waals surface area contributed by atoms with Crippen LogP contribution in [0.15, 0.2) is 70.9 Å². The molecular weight excluding hydrogens is 448 g/mol. The van der Waals surface area contributed by atoms with Gasteiger partial charge in [0, 0.05) is 21.7 Å². The van der Waals surface area contributed by atoms with Gasteiger partial charge in [-0.15, -0.1) is 0 Å². The summed E-state index contributed by atoms with van der Waals surface area (Å²) in [6.45, 7) is 1.09. The second-order valence-electron chi connectivity index (χ2n) is 6.97. The minimum atomic E-state index is -0.166. The van der Waals surface area contributed by atoms with Crippen molar-refractivity contribution in [2.45, 2.75) is 13.2 Å². The van der Waals surface area contributed by atoms with E-state index in [-0.39, 0.29) is 18.3 Å². The lowest BCUT2D eigenvalue weighted by Crippen LogP contribution is -2.12. The zero-order valence-corrected chi connectivity index (χ0v) is 17.5. The predicted octanol–water partition coefficient (Wildman–Crippen LogP) is 5.51. The summed E-state index contributed by atoms with van der Waals surface area (Å²) in [5.41, 5.74) is 3.27. The number of ketones is 1. The number of hydrogen-bond donors (Lipinski definition) is 0. The normalized spacial score (nSPS) is 15.9. The van der Waals surface area contributed by atoms with Crippen LogP contribution in [0.4, 0.5) is 0 Å². The van der Waals surface area contributed by atoms with E-state index in [1.54, 1.807) is 24.3 Å². The molecule has 0 amide bonds. The zero-order valence-electron chi connectivity index (χ0n) is 15.9. The van der Waals surface area contributed by atoms with Crippen LogP contribution in [0, 0.1) is 0 Å². The Balaban J connectivity index is 1.40. The molecule has 150 valence electrons. The fourth-order valence-corrected chi connectivity index (χ4v) is 3.98. The maximum Gasteiger partial charge on any atom is 0.231 e. The van der Waals surface area contributed by atoms with Gasteiger partial charge in [0.05, 0.1) is 12.2 Å². The van der Waals surface area contributed by atoms with Gasteiger partial charge in [0.2, 0.25) is 5.78 Å². The van der Waals surface area contributed by atoms with E-state index in [0.717, 1.165) is 21.2 Å². The van der Waals surface area contributed by atoms with Crippen molar-refractivity contribution in [3.8, 4) is 17.2 Å². The molecule has 0 saturated heterocycles. The van der Waals surface area contributed by atoms with Crippen molar-refractivity contribution in [1.82, 2.24) is 0 Å². The van der Waals surface area contributed by atoms with Crippen molar-refractivity contribution >= 4 is 27.8 Å². The number of ether oxygens (including phenoxy) is 4. The van der Waals surface area contributed by atoms with Crippen LogP contribution >= 0.6 is 15.9 Å². The van der Waals surface area contributed by atoms with Gasteiger partial charge in [0.1, 0.15) is 23.9 Å². The lowest BCUT2D eigenvalue weighted by Gasteiger charge is -2.20. The Morgan fingerprint density at radius 3 is 2.80 bits per heavy atom. The summed E-state index contributed by atoms with van der Waals surface area (Å²) >= 11 is 3.50. The molecule has 0 unspecified atom stereocenters. The molecule has 5 nitrogen and oxygen atoms in total. The average Bonchev–Trinajstić information content (AvgIpc) is 3.07. The van der Waals surface area contributed by atoms with Crippen molar-refractivity contribution < 1.29 is 23.7 Å². The summed E-state index contributed by atoms with van der Waals surface area (Å²) in [7, 11) is 0. The number of carbonyl (C=O) groups excluding carboxylic acids is 1. The standard InChI is InChI=1S/C24H17BrO5/c25-18-8-16(24-17(9-18)13-27-14-29-24)10-22-23(26)20-7-6-19(11-21(20)30-22)28-12-15-4-2-1-3-5-15/h1-11H,12-14H2. The number of carbonyl (C=O) groups is 1. The van der Waals surface area contributed by atoms with Crippen molar-refractivity contribution in [1.29, 1.82) is 0 Å². The van der Waals surface area contributed by atoms with Gasteiger partial charge in [-0.1, -0.05) is 46.3 Å². The molecule has 2 aliphatic heterocycles. The van der Waals surface area contributed by atoms with E-state index >= 15 is 0 Å². The van der Waals surface area contributed by atoms with Gasteiger partial charge in [-0.2, -0.15) is 0 Å². The maximum atomic E-state index is 12.8. The van der Waals surface area contributed by atoms with E-state index in [0.29, 0.717) is 36.0 Å². The number of rotatable bonds is 4. The van der Waals surface area contributed by atoms with E-state index < -0.39 is 0 Å². The molecule has 0 saturated carbocycles. The Morgan fingerprint density at radius 2 is 1.93 bits per heavy atom. The average molecular weight is 465 g/mol. The summed E-state index contributed by atoms with van der Waals surface area (Å²) in [6.07, 6.45) is 1.71. The number of allylic oxidation sites excluding steroid dienone is 1. The van der Waals surface area contributed by atoms with E-state index in [1.165, 1.54) is 0 Å². The van der Waals surface area contributed by atoms with Gasteiger partial charge < -0.3 is 18.9 Å². The molecular formula is C24H17BrO5. The van der Waals surface area contributed by atoms with Crippen molar-refractivity contribution in [3.05, 3.63) is 93.1 Å². The van der Waals surface area contributed by atoms with Crippen LogP contribution in [0.3, 0.4) is 0 Å². The van der Waals surface area contributed by atoms with Crippen LogP contribution in [-0.4, -0.2) is 12.6 Å². The number of hydrogen-bond acceptors (Lipinski definition) is 5. The predicted molar refractivity (Wildman–Crippen MR) is 115 cm³/mol. The highest BCUT2D eigenvalue weighted by atomic mass is 79.9. The van der Waals surface area contributed by atoms with Crippen LogP contribution in [0.25, 0.3) is 6.08 Å². The fraction of sp³-hybridized carbons (Fsp3) is 0.125. The molecule has 0 bridgehead atoms. The Kier molecular flexibility index (Phi) is 5.02. The van der Waals surface area contributed by atoms with E-state index in [4.69, 9.17) is 18.9 Å². The summed E-state index contributed by atoms with van der Waals surface area (Å²) in [6, 6.07) is 19.0. The van der Waals surface area contributed by atoms with Gasteiger partial charge >= 0.3 is 0 Å². The largest absolute Gasteiger partial charge is 0.489 e. The fourth-order valence-electron chi connectivity index (χ4n) is 3.45. The molecule has 2 aliphatic rings. The van der Waals surface area contributed by atoms with E-state index in [2.05, 4.69) is 15.9 Å². The van der Waals surface area contributed by atoms with Gasteiger partial charge in [-0.25, -0.2) is 0 Å². The molecule has 3 aromatic carbocycles. The highest BCUT2D eigenvalue weighted by Gasteiger charge is 2.28. The first-order chi connectivity index (χ1) is 14.7. The molecule has 3 aromatic rings. The van der Waals surface area contributed by atoms with Crippen LogP contribution in [-0.2, 0) is 18.0 Å². The Bertz CT molecular complexity index is 1150. The Hall–Kier alpha value is -3.09. The topological polar surface area (TPSA) is 54.0 Å². The first-order valence-corrected chi connectivity index (χ1v) is 10.2. The Labute approximate surface area is 182 Å². The maximum absolute atomic E-state index is 12.8. The molecule has 5 rings (SSSR count). The molecule has 0 aromatic heterocycles.